The lowest BCUT2D eigenvalue weighted by Gasteiger charge is -2.37. The molecule has 2 aliphatic carbocycles. The van der Waals surface area contributed by atoms with Crippen LogP contribution in [0.3, 0.4) is 0 Å². The number of nitrogens with two attached hydrogens (primary N) is 3. The number of nitrogens with zero attached hydrogens (tertiary/aromatic N) is 5. The summed E-state index contributed by atoms with van der Waals surface area (Å²) in [5.41, 5.74) is 15.5. The van der Waals surface area contributed by atoms with Gasteiger partial charge in [-0.3, -0.25) is 9.59 Å². The van der Waals surface area contributed by atoms with Crippen LogP contribution in [0.2, 0.25) is 5.15 Å². The molecule has 2 bridgehead atoms. The first-order valence-electron chi connectivity index (χ1n) is 17.4. The summed E-state index contributed by atoms with van der Waals surface area (Å²) < 4.78 is 61.7. The predicted octanol–water partition coefficient (Wildman–Crippen LogP) is 2.88. The molecule has 4 aliphatic rings. The van der Waals surface area contributed by atoms with Gasteiger partial charge in [0.1, 0.15) is 11.0 Å². The summed E-state index contributed by atoms with van der Waals surface area (Å²) in [5.74, 6) is -3.19. The van der Waals surface area contributed by atoms with E-state index in [1.54, 1.807) is 26.8 Å². The van der Waals surface area contributed by atoms with E-state index in [-0.39, 0.29) is 91.1 Å². The Kier molecular flexibility index (Phi) is 10.5. The van der Waals surface area contributed by atoms with Crippen LogP contribution in [0.25, 0.3) is 0 Å². The van der Waals surface area contributed by atoms with Crippen LogP contribution in [-0.4, -0.2) is 99.4 Å². The number of rotatable bonds is 13. The van der Waals surface area contributed by atoms with Crippen LogP contribution in [0.5, 0.6) is 0 Å². The maximum atomic E-state index is 16.7. The zero-order valence-electron chi connectivity index (χ0n) is 28.2. The van der Waals surface area contributed by atoms with Gasteiger partial charge in [-0.05, 0) is 94.4 Å². The van der Waals surface area contributed by atoms with Crippen LogP contribution in [0, 0.1) is 10.8 Å². The van der Waals surface area contributed by atoms with Crippen molar-refractivity contribution in [1.82, 2.24) is 14.2 Å². The molecule has 16 heteroatoms. The molecule has 2 saturated heterocycles. The second-order valence-corrected chi connectivity index (χ2v) is 16.6. The first kappa shape index (κ1) is 36.8. The SMILES string of the molecule is NCCCN(CCCN)C(=O)C12CCC(C(F)(F)c3cc(Cl)nc(N4CCN(S(=O)(=O)c5ccc(N6C[C@H](N)CC6=O)cc5)CC4)c3)(CC1)C2. The molecule has 12 nitrogen and oxygen atoms in total. The smallest absolute Gasteiger partial charge is 0.279 e. The van der Waals surface area contributed by atoms with Crippen molar-refractivity contribution in [2.24, 2.45) is 28.0 Å². The maximum absolute atomic E-state index is 16.7. The molecule has 6 rings (SSSR count). The minimum atomic E-state index is -3.85. The van der Waals surface area contributed by atoms with E-state index in [2.05, 4.69) is 4.98 Å². The molecular formula is C34H47ClF2N8O4S. The number of aromatic nitrogens is 1. The highest BCUT2D eigenvalue weighted by molar-refractivity contribution is 7.89. The van der Waals surface area contributed by atoms with Gasteiger partial charge in [0.2, 0.25) is 21.8 Å². The monoisotopic (exact) mass is 736 g/mol. The molecule has 2 aromatic rings. The summed E-state index contributed by atoms with van der Waals surface area (Å²) in [6.45, 7) is 2.90. The highest BCUT2D eigenvalue weighted by Gasteiger charge is 2.68. The Labute approximate surface area is 297 Å². The lowest BCUT2D eigenvalue weighted by atomic mass is 9.75. The topological polar surface area (TPSA) is 172 Å². The lowest BCUT2D eigenvalue weighted by Crippen LogP contribution is -2.49. The van der Waals surface area contributed by atoms with Gasteiger partial charge < -0.3 is 31.9 Å². The molecule has 2 aliphatic heterocycles. The molecule has 274 valence electrons. The van der Waals surface area contributed by atoms with Crippen molar-refractivity contribution in [2.75, 3.05) is 68.7 Å². The first-order chi connectivity index (χ1) is 23.7. The normalized spacial score (nSPS) is 25.9. The first-order valence-corrected chi connectivity index (χ1v) is 19.2. The Morgan fingerprint density at radius 1 is 1.00 bits per heavy atom. The number of carbonyl (C=O) groups is 2. The second kappa shape index (κ2) is 14.2. The summed E-state index contributed by atoms with van der Waals surface area (Å²) in [6.07, 6.45) is 2.87. The Morgan fingerprint density at radius 3 is 2.18 bits per heavy atom. The van der Waals surface area contributed by atoms with Crippen molar-refractivity contribution in [2.45, 2.75) is 68.2 Å². The number of benzene rings is 1. The molecule has 1 atom stereocenters. The fourth-order valence-corrected chi connectivity index (χ4v) is 9.99. The molecule has 0 unspecified atom stereocenters. The van der Waals surface area contributed by atoms with Gasteiger partial charge in [0, 0.05) is 74.9 Å². The third-order valence-electron chi connectivity index (χ3n) is 11.2. The van der Waals surface area contributed by atoms with Gasteiger partial charge in [0.15, 0.2) is 0 Å². The van der Waals surface area contributed by atoms with E-state index < -0.39 is 26.8 Å². The third-order valence-corrected chi connectivity index (χ3v) is 13.3. The Bertz CT molecular complexity index is 1670. The second-order valence-electron chi connectivity index (χ2n) is 14.3. The van der Waals surface area contributed by atoms with Crippen molar-refractivity contribution < 1.29 is 26.8 Å². The Hall–Kier alpha value is -2.95. The largest absolute Gasteiger partial charge is 0.354 e. The molecule has 6 N–H and O–H groups in total. The van der Waals surface area contributed by atoms with E-state index in [4.69, 9.17) is 28.8 Å². The minimum Gasteiger partial charge on any atom is -0.354 e. The van der Waals surface area contributed by atoms with E-state index in [1.807, 2.05) is 0 Å². The molecule has 1 aromatic carbocycles. The number of alkyl halides is 2. The summed E-state index contributed by atoms with van der Waals surface area (Å²) in [7, 11) is -3.85. The zero-order valence-corrected chi connectivity index (χ0v) is 29.8. The fraction of sp³-hybridized carbons (Fsp3) is 0.618. The standard InChI is InChI=1S/C34H47ClF2N8O4S/c35-28-19-24(34(36,37)33-9-7-32(23-33,8-10-33)31(47)43(13-1-11-38)14-2-12-39)20-29(41-28)42-15-17-44(18-16-42)50(48,49)27-5-3-26(4-6-27)45-22-25(40)21-30(45)46/h3-6,19-20,25H,1-2,7-18,21-23,38-40H2/t25-,32?,33?/m1/s1. The molecule has 2 amide bonds. The quantitative estimate of drug-likeness (QED) is 0.262. The van der Waals surface area contributed by atoms with Gasteiger partial charge in [-0.25, -0.2) is 22.2 Å². The summed E-state index contributed by atoms with van der Waals surface area (Å²) in [5, 5.41) is -0.0748. The van der Waals surface area contributed by atoms with E-state index in [0.717, 1.165) is 0 Å². The number of hydrogen-bond acceptors (Lipinski definition) is 9. The average molecular weight is 737 g/mol. The van der Waals surface area contributed by atoms with Gasteiger partial charge >= 0.3 is 0 Å². The van der Waals surface area contributed by atoms with Crippen LogP contribution in [0.15, 0.2) is 41.3 Å². The van der Waals surface area contributed by atoms with Crippen molar-refractivity contribution in [3.63, 3.8) is 0 Å². The van der Waals surface area contributed by atoms with Gasteiger partial charge in [-0.15, -0.1) is 0 Å². The molecule has 50 heavy (non-hydrogen) atoms. The van der Waals surface area contributed by atoms with Crippen LogP contribution in [-0.2, 0) is 25.5 Å². The Balaban J connectivity index is 1.14. The van der Waals surface area contributed by atoms with Crippen molar-refractivity contribution in [3.05, 3.63) is 47.1 Å². The number of pyridine rings is 1. The van der Waals surface area contributed by atoms with E-state index in [9.17, 15) is 18.0 Å². The molecule has 0 spiro atoms. The van der Waals surface area contributed by atoms with Crippen molar-refractivity contribution in [1.29, 1.82) is 0 Å². The van der Waals surface area contributed by atoms with Crippen molar-refractivity contribution in [3.8, 4) is 0 Å². The van der Waals surface area contributed by atoms with Gasteiger partial charge in [0.05, 0.1) is 10.3 Å². The van der Waals surface area contributed by atoms with Gasteiger partial charge in [-0.1, -0.05) is 11.6 Å². The van der Waals surface area contributed by atoms with Crippen LogP contribution >= 0.6 is 11.6 Å². The average Bonchev–Trinajstić information content (AvgIpc) is 3.81. The maximum Gasteiger partial charge on any atom is 0.279 e. The zero-order chi connectivity index (χ0) is 35.9. The number of amides is 2. The van der Waals surface area contributed by atoms with Crippen molar-refractivity contribution >= 4 is 44.9 Å². The van der Waals surface area contributed by atoms with E-state index in [0.29, 0.717) is 64.1 Å². The van der Waals surface area contributed by atoms with E-state index >= 15 is 8.78 Å². The number of hydrogen-bond donors (Lipinski definition) is 3. The summed E-state index contributed by atoms with van der Waals surface area (Å²) >= 11 is 6.37. The molecule has 0 radical (unpaired) electrons. The lowest BCUT2D eigenvalue weighted by molar-refractivity contribution is -0.142. The molecule has 4 fully saturated rings. The predicted molar refractivity (Wildman–Crippen MR) is 187 cm³/mol. The molecule has 1 aromatic heterocycles. The van der Waals surface area contributed by atoms with E-state index in [1.165, 1.54) is 28.6 Å². The number of piperazine rings is 1. The summed E-state index contributed by atoms with van der Waals surface area (Å²) in [4.78, 5) is 35.6. The van der Waals surface area contributed by atoms with Crippen LogP contribution in [0.4, 0.5) is 20.3 Å². The van der Waals surface area contributed by atoms with Gasteiger partial charge in [-0.2, -0.15) is 4.31 Å². The minimum absolute atomic E-state index is 0.0711. The summed E-state index contributed by atoms with van der Waals surface area (Å²) in [6, 6.07) is 8.48. The van der Waals surface area contributed by atoms with Crippen LogP contribution < -0.4 is 27.0 Å². The number of carbonyl (C=O) groups excluding carboxylic acids is 2. The van der Waals surface area contributed by atoms with Crippen LogP contribution in [0.1, 0.15) is 56.9 Å². The number of sulfonamides is 1. The van der Waals surface area contributed by atoms with Gasteiger partial charge in [0.25, 0.3) is 5.92 Å². The molecular weight excluding hydrogens is 690 g/mol. The number of halogens is 3. The molecule has 3 heterocycles. The fourth-order valence-electron chi connectivity index (χ4n) is 8.36. The third kappa shape index (κ3) is 6.72. The molecule has 2 saturated carbocycles. The number of anilines is 2. The highest BCUT2D eigenvalue weighted by atomic mass is 35.5. The number of fused-ring (bicyclic) bond motifs is 2. The Morgan fingerprint density at radius 2 is 1.62 bits per heavy atom. The highest BCUT2D eigenvalue weighted by Crippen LogP contribution is 2.69.